The van der Waals surface area contributed by atoms with E-state index in [-0.39, 0.29) is 6.54 Å². The van der Waals surface area contributed by atoms with E-state index in [1.165, 1.54) is 12.0 Å². The first-order valence-electron chi connectivity index (χ1n) is 4.38. The van der Waals surface area contributed by atoms with Crippen LogP contribution in [0.5, 0.6) is 0 Å². The van der Waals surface area contributed by atoms with Gasteiger partial charge < -0.3 is 9.84 Å². The number of likely N-dealkylation sites (tertiary alicyclic amines) is 1. The highest BCUT2D eigenvalue weighted by molar-refractivity contribution is 5.69. The van der Waals surface area contributed by atoms with Crippen molar-refractivity contribution in [3.8, 4) is 6.07 Å². The van der Waals surface area contributed by atoms with Crippen LogP contribution >= 0.6 is 0 Å². The van der Waals surface area contributed by atoms with Gasteiger partial charge in [0.25, 0.3) is 0 Å². The molecule has 2 atom stereocenters. The van der Waals surface area contributed by atoms with Gasteiger partial charge in [0.05, 0.1) is 30.7 Å². The van der Waals surface area contributed by atoms with Crippen LogP contribution in [0.25, 0.3) is 0 Å². The first-order valence-corrected chi connectivity index (χ1v) is 4.38. The molecule has 1 rings (SSSR count). The largest absolute Gasteiger partial charge is 0.453 e. The zero-order valence-electron chi connectivity index (χ0n) is 8.52. The standard InChI is InChI=1S/C9H14N2O3/c1-9(2)7(12)6(4-10)5-11(9)8(13)14-3/h6-7,12H,5H2,1-3H3. The van der Waals surface area contributed by atoms with Gasteiger partial charge in [-0.15, -0.1) is 0 Å². The van der Waals surface area contributed by atoms with Crippen LogP contribution < -0.4 is 0 Å². The molecule has 0 aromatic heterocycles. The highest BCUT2D eigenvalue weighted by Gasteiger charge is 2.49. The van der Waals surface area contributed by atoms with Crippen LogP contribution in [0.2, 0.25) is 0 Å². The van der Waals surface area contributed by atoms with Crippen molar-refractivity contribution < 1.29 is 14.6 Å². The summed E-state index contributed by atoms with van der Waals surface area (Å²) in [4.78, 5) is 12.7. The molecule has 1 aliphatic heterocycles. The second-order valence-corrected chi connectivity index (χ2v) is 3.91. The molecule has 0 bridgehead atoms. The first-order chi connectivity index (χ1) is 6.45. The molecular weight excluding hydrogens is 184 g/mol. The van der Waals surface area contributed by atoms with Gasteiger partial charge in [-0.25, -0.2) is 4.79 Å². The topological polar surface area (TPSA) is 73.6 Å². The molecule has 78 valence electrons. The number of hydrogen-bond donors (Lipinski definition) is 1. The lowest BCUT2D eigenvalue weighted by Crippen LogP contribution is -2.48. The highest BCUT2D eigenvalue weighted by atomic mass is 16.5. The normalized spacial score (nSPS) is 29.8. The summed E-state index contributed by atoms with van der Waals surface area (Å²) < 4.78 is 4.58. The van der Waals surface area contributed by atoms with E-state index in [1.807, 2.05) is 6.07 Å². The molecule has 1 fully saturated rings. The van der Waals surface area contributed by atoms with E-state index in [4.69, 9.17) is 5.26 Å². The Kier molecular flexibility index (Phi) is 2.67. The number of carbonyl (C=O) groups excluding carboxylic acids is 1. The van der Waals surface area contributed by atoms with Gasteiger partial charge in [-0.05, 0) is 13.8 Å². The molecule has 0 saturated carbocycles. The van der Waals surface area contributed by atoms with Gasteiger partial charge in [-0.1, -0.05) is 0 Å². The summed E-state index contributed by atoms with van der Waals surface area (Å²) in [5, 5.41) is 18.5. The monoisotopic (exact) mass is 198 g/mol. The van der Waals surface area contributed by atoms with Crippen LogP contribution in [-0.4, -0.2) is 41.4 Å². The summed E-state index contributed by atoms with van der Waals surface area (Å²) in [5.74, 6) is -0.538. The predicted molar refractivity (Wildman–Crippen MR) is 48.3 cm³/mol. The van der Waals surface area contributed by atoms with Gasteiger partial charge in [0.2, 0.25) is 0 Å². The molecule has 1 saturated heterocycles. The van der Waals surface area contributed by atoms with E-state index in [0.29, 0.717) is 0 Å². The lowest BCUT2D eigenvalue weighted by atomic mass is 9.93. The second-order valence-electron chi connectivity index (χ2n) is 3.91. The fourth-order valence-corrected chi connectivity index (χ4v) is 1.72. The number of methoxy groups -OCH3 is 1. The van der Waals surface area contributed by atoms with E-state index < -0.39 is 23.7 Å². The number of hydrogen-bond acceptors (Lipinski definition) is 4. The maximum absolute atomic E-state index is 11.3. The van der Waals surface area contributed by atoms with Crippen LogP contribution in [0, 0.1) is 17.2 Å². The number of ether oxygens (including phenoxy) is 1. The Morgan fingerprint density at radius 3 is 2.64 bits per heavy atom. The molecule has 1 N–H and O–H groups in total. The average Bonchev–Trinajstić information content (AvgIpc) is 2.38. The molecule has 1 aliphatic rings. The van der Waals surface area contributed by atoms with E-state index >= 15 is 0 Å². The minimum Gasteiger partial charge on any atom is -0.453 e. The van der Waals surface area contributed by atoms with Crippen molar-refractivity contribution in [2.75, 3.05) is 13.7 Å². The lowest BCUT2D eigenvalue weighted by Gasteiger charge is -2.32. The van der Waals surface area contributed by atoms with Crippen molar-refractivity contribution in [3.63, 3.8) is 0 Å². The Morgan fingerprint density at radius 1 is 1.71 bits per heavy atom. The quantitative estimate of drug-likeness (QED) is 0.609. The predicted octanol–water partition coefficient (Wildman–Crippen LogP) is 0.348. The Hall–Kier alpha value is -1.28. The number of carbonyl (C=O) groups is 1. The van der Waals surface area contributed by atoms with E-state index in [1.54, 1.807) is 13.8 Å². The smallest absolute Gasteiger partial charge is 0.410 e. The van der Waals surface area contributed by atoms with Crippen LogP contribution in [0.3, 0.4) is 0 Å². The van der Waals surface area contributed by atoms with Crippen molar-refractivity contribution >= 4 is 6.09 Å². The van der Waals surface area contributed by atoms with Gasteiger partial charge in [0.1, 0.15) is 0 Å². The maximum Gasteiger partial charge on any atom is 0.410 e. The number of nitrogens with zero attached hydrogens (tertiary/aromatic N) is 2. The van der Waals surface area contributed by atoms with Gasteiger partial charge in [-0.3, -0.25) is 4.90 Å². The Balaban J connectivity index is 2.91. The van der Waals surface area contributed by atoms with Crippen LogP contribution in [0.15, 0.2) is 0 Å². The Morgan fingerprint density at radius 2 is 2.29 bits per heavy atom. The number of aliphatic hydroxyl groups is 1. The van der Waals surface area contributed by atoms with Crippen molar-refractivity contribution in [1.29, 1.82) is 5.26 Å². The van der Waals surface area contributed by atoms with Crippen molar-refractivity contribution in [2.45, 2.75) is 25.5 Å². The first kappa shape index (κ1) is 10.8. The minimum atomic E-state index is -0.827. The zero-order valence-corrected chi connectivity index (χ0v) is 8.52. The second kappa shape index (κ2) is 3.46. The van der Waals surface area contributed by atoms with Crippen molar-refractivity contribution in [3.05, 3.63) is 0 Å². The zero-order chi connectivity index (χ0) is 10.9. The molecule has 0 aromatic carbocycles. The SMILES string of the molecule is COC(=O)N1CC(C#N)C(O)C1(C)C. The molecule has 0 radical (unpaired) electrons. The summed E-state index contributed by atoms with van der Waals surface area (Å²) in [6.07, 6.45) is -1.33. The van der Waals surface area contributed by atoms with Crippen LogP contribution in [0.1, 0.15) is 13.8 Å². The van der Waals surface area contributed by atoms with Crippen LogP contribution in [-0.2, 0) is 4.74 Å². The third-order valence-corrected chi connectivity index (χ3v) is 2.74. The summed E-state index contributed by atoms with van der Waals surface area (Å²) in [7, 11) is 1.28. The van der Waals surface area contributed by atoms with Gasteiger partial charge >= 0.3 is 6.09 Å². The van der Waals surface area contributed by atoms with E-state index in [2.05, 4.69) is 4.74 Å². The lowest BCUT2D eigenvalue weighted by molar-refractivity contribution is 0.0412. The molecule has 0 spiro atoms. The molecule has 0 aliphatic carbocycles. The van der Waals surface area contributed by atoms with E-state index in [0.717, 1.165) is 0 Å². The number of nitriles is 1. The summed E-state index contributed by atoms with van der Waals surface area (Å²) in [5.41, 5.74) is -0.743. The summed E-state index contributed by atoms with van der Waals surface area (Å²) in [6, 6.07) is 1.98. The van der Waals surface area contributed by atoms with Gasteiger partial charge in [0, 0.05) is 6.54 Å². The molecule has 1 amide bonds. The molecule has 5 heteroatoms. The molecule has 5 nitrogen and oxygen atoms in total. The van der Waals surface area contributed by atoms with Crippen molar-refractivity contribution in [2.24, 2.45) is 5.92 Å². The number of aliphatic hydroxyl groups excluding tert-OH is 1. The third kappa shape index (κ3) is 1.42. The van der Waals surface area contributed by atoms with Crippen molar-refractivity contribution in [1.82, 2.24) is 4.90 Å². The Bertz CT molecular complexity index is 282. The fraction of sp³-hybridized carbons (Fsp3) is 0.778. The fourth-order valence-electron chi connectivity index (χ4n) is 1.72. The third-order valence-electron chi connectivity index (χ3n) is 2.74. The highest BCUT2D eigenvalue weighted by Crippen LogP contribution is 2.33. The molecule has 1 heterocycles. The molecule has 2 unspecified atom stereocenters. The molecular formula is C9H14N2O3. The Labute approximate surface area is 82.9 Å². The number of amides is 1. The van der Waals surface area contributed by atoms with Gasteiger partial charge in [0.15, 0.2) is 0 Å². The number of rotatable bonds is 0. The molecule has 14 heavy (non-hydrogen) atoms. The summed E-state index contributed by atoms with van der Waals surface area (Å²) >= 11 is 0. The average molecular weight is 198 g/mol. The minimum absolute atomic E-state index is 0.220. The summed E-state index contributed by atoms with van der Waals surface area (Å²) in [6.45, 7) is 3.65. The van der Waals surface area contributed by atoms with Crippen LogP contribution in [0.4, 0.5) is 4.79 Å². The maximum atomic E-state index is 11.3. The molecule has 0 aromatic rings. The van der Waals surface area contributed by atoms with E-state index in [9.17, 15) is 9.90 Å². The van der Waals surface area contributed by atoms with Gasteiger partial charge in [-0.2, -0.15) is 5.26 Å².